The molecule has 0 heterocycles. The van der Waals surface area contributed by atoms with Crippen LogP contribution in [0.5, 0.6) is 11.5 Å². The van der Waals surface area contributed by atoms with Gasteiger partial charge >= 0.3 is 5.97 Å². The molecule has 0 aliphatic rings. The number of carboxylic acids is 1. The van der Waals surface area contributed by atoms with Gasteiger partial charge in [0, 0.05) is 18.1 Å². The first-order chi connectivity index (χ1) is 11.5. The van der Waals surface area contributed by atoms with E-state index >= 15 is 0 Å². The van der Waals surface area contributed by atoms with Gasteiger partial charge in [-0.05, 0) is 17.7 Å². The lowest BCUT2D eigenvalue weighted by Crippen LogP contribution is -2.42. The number of aliphatic carboxylic acids is 1. The van der Waals surface area contributed by atoms with Crippen LogP contribution in [-0.4, -0.2) is 37.2 Å². The molecule has 0 spiro atoms. The van der Waals surface area contributed by atoms with Gasteiger partial charge in [0.05, 0.1) is 14.2 Å². The number of amides is 1. The first-order valence-electron chi connectivity index (χ1n) is 7.34. The molecule has 1 atom stereocenters. The molecule has 126 valence electrons. The van der Waals surface area contributed by atoms with E-state index in [0.717, 1.165) is 5.56 Å². The Hall–Kier alpha value is -3.02. The Labute approximate surface area is 140 Å². The van der Waals surface area contributed by atoms with E-state index in [9.17, 15) is 14.7 Å². The maximum Gasteiger partial charge on any atom is 0.326 e. The van der Waals surface area contributed by atoms with Gasteiger partial charge in [-0.25, -0.2) is 4.79 Å². The summed E-state index contributed by atoms with van der Waals surface area (Å²) in [5, 5.41) is 11.9. The molecular weight excluding hydrogens is 310 g/mol. The Kier molecular flexibility index (Phi) is 5.78. The third kappa shape index (κ3) is 4.49. The monoisotopic (exact) mass is 329 g/mol. The maximum absolute atomic E-state index is 12.4. The molecule has 2 aromatic rings. The van der Waals surface area contributed by atoms with Crippen LogP contribution in [0, 0.1) is 0 Å². The Bertz CT molecular complexity index is 692. The van der Waals surface area contributed by atoms with Gasteiger partial charge in [0.2, 0.25) is 0 Å². The summed E-state index contributed by atoms with van der Waals surface area (Å²) in [6, 6.07) is 12.8. The molecular formula is C18H19NO5. The second-order valence-electron chi connectivity index (χ2n) is 5.16. The van der Waals surface area contributed by atoms with Gasteiger partial charge in [-0.2, -0.15) is 0 Å². The number of hydrogen-bond donors (Lipinski definition) is 2. The van der Waals surface area contributed by atoms with Crippen LogP contribution in [0.4, 0.5) is 0 Å². The van der Waals surface area contributed by atoms with Crippen molar-refractivity contribution in [2.24, 2.45) is 0 Å². The van der Waals surface area contributed by atoms with Crippen molar-refractivity contribution in [3.63, 3.8) is 0 Å². The number of nitrogens with one attached hydrogen (secondary N) is 1. The van der Waals surface area contributed by atoms with Gasteiger partial charge in [0.15, 0.2) is 0 Å². The Morgan fingerprint density at radius 1 is 1.04 bits per heavy atom. The lowest BCUT2D eigenvalue weighted by atomic mass is 10.1. The molecule has 2 rings (SSSR count). The van der Waals surface area contributed by atoms with E-state index in [-0.39, 0.29) is 12.0 Å². The summed E-state index contributed by atoms with van der Waals surface area (Å²) in [4.78, 5) is 23.9. The molecule has 0 bridgehead atoms. The van der Waals surface area contributed by atoms with Crippen LogP contribution in [0.3, 0.4) is 0 Å². The highest BCUT2D eigenvalue weighted by molar-refractivity contribution is 5.97. The summed E-state index contributed by atoms with van der Waals surface area (Å²) in [5.74, 6) is -0.693. The van der Waals surface area contributed by atoms with E-state index in [0.29, 0.717) is 11.5 Å². The lowest BCUT2D eigenvalue weighted by Gasteiger charge is -2.15. The molecule has 0 saturated heterocycles. The van der Waals surface area contributed by atoms with Crippen LogP contribution < -0.4 is 14.8 Å². The van der Waals surface area contributed by atoms with Crippen LogP contribution in [0.25, 0.3) is 0 Å². The molecule has 0 fully saturated rings. The average molecular weight is 329 g/mol. The van der Waals surface area contributed by atoms with E-state index in [1.165, 1.54) is 26.4 Å². The highest BCUT2D eigenvalue weighted by Gasteiger charge is 2.21. The molecule has 1 amide bonds. The molecule has 24 heavy (non-hydrogen) atoms. The van der Waals surface area contributed by atoms with Gasteiger partial charge < -0.3 is 19.9 Å². The number of benzene rings is 2. The molecule has 2 aromatic carbocycles. The van der Waals surface area contributed by atoms with Crippen LogP contribution in [0.2, 0.25) is 0 Å². The summed E-state index contributed by atoms with van der Waals surface area (Å²) in [6.45, 7) is 0. The zero-order chi connectivity index (χ0) is 17.5. The van der Waals surface area contributed by atoms with E-state index in [2.05, 4.69) is 5.32 Å². The number of carbonyl (C=O) groups is 2. The van der Waals surface area contributed by atoms with E-state index in [1.807, 2.05) is 30.3 Å². The van der Waals surface area contributed by atoms with E-state index < -0.39 is 17.9 Å². The van der Waals surface area contributed by atoms with Crippen molar-refractivity contribution in [3.05, 3.63) is 59.7 Å². The Balaban J connectivity index is 2.17. The van der Waals surface area contributed by atoms with Crippen molar-refractivity contribution in [1.29, 1.82) is 0 Å². The van der Waals surface area contributed by atoms with Crippen LogP contribution >= 0.6 is 0 Å². The highest BCUT2D eigenvalue weighted by Crippen LogP contribution is 2.22. The van der Waals surface area contributed by atoms with Gasteiger partial charge in [-0.1, -0.05) is 30.3 Å². The highest BCUT2D eigenvalue weighted by atomic mass is 16.5. The molecule has 0 aliphatic carbocycles. The molecule has 6 nitrogen and oxygen atoms in total. The average Bonchev–Trinajstić information content (AvgIpc) is 2.61. The number of ether oxygens (including phenoxy) is 2. The third-order valence-electron chi connectivity index (χ3n) is 3.50. The SMILES string of the molecule is COc1cc(OC)cc(C(=O)N[C@@H](Cc2ccccc2)C(=O)O)c1. The first kappa shape index (κ1) is 17.3. The predicted molar refractivity (Wildman–Crippen MR) is 88.6 cm³/mol. The van der Waals surface area contributed by atoms with E-state index in [1.54, 1.807) is 6.07 Å². The van der Waals surface area contributed by atoms with Crippen LogP contribution in [-0.2, 0) is 11.2 Å². The normalized spacial score (nSPS) is 11.4. The number of carbonyl (C=O) groups excluding carboxylic acids is 1. The van der Waals surface area contributed by atoms with E-state index in [4.69, 9.17) is 9.47 Å². The van der Waals surface area contributed by atoms with Gasteiger partial charge in [0.25, 0.3) is 5.91 Å². The molecule has 6 heteroatoms. The fourth-order valence-corrected chi connectivity index (χ4v) is 2.23. The Morgan fingerprint density at radius 3 is 2.12 bits per heavy atom. The molecule has 2 N–H and O–H groups in total. The zero-order valence-electron chi connectivity index (χ0n) is 13.5. The van der Waals surface area contributed by atoms with Gasteiger partial charge in [-0.15, -0.1) is 0 Å². The fourth-order valence-electron chi connectivity index (χ4n) is 2.23. The maximum atomic E-state index is 12.4. The largest absolute Gasteiger partial charge is 0.497 e. The lowest BCUT2D eigenvalue weighted by molar-refractivity contribution is -0.139. The molecule has 0 saturated carbocycles. The number of carboxylic acid groups (broad SMARTS) is 1. The third-order valence-corrected chi connectivity index (χ3v) is 3.50. The summed E-state index contributed by atoms with van der Waals surface area (Å²) >= 11 is 0. The molecule has 0 unspecified atom stereocenters. The minimum Gasteiger partial charge on any atom is -0.497 e. The topological polar surface area (TPSA) is 84.9 Å². The fraction of sp³-hybridized carbons (Fsp3) is 0.222. The number of rotatable bonds is 7. The Morgan fingerprint density at radius 2 is 1.62 bits per heavy atom. The predicted octanol–water partition coefficient (Wildman–Crippen LogP) is 2.13. The number of methoxy groups -OCH3 is 2. The van der Waals surface area contributed by atoms with Crippen molar-refractivity contribution >= 4 is 11.9 Å². The smallest absolute Gasteiger partial charge is 0.326 e. The quantitative estimate of drug-likeness (QED) is 0.813. The molecule has 0 aromatic heterocycles. The second kappa shape index (κ2) is 8.01. The second-order valence-corrected chi connectivity index (χ2v) is 5.16. The van der Waals surface area contributed by atoms with Crippen LogP contribution in [0.15, 0.2) is 48.5 Å². The number of hydrogen-bond acceptors (Lipinski definition) is 4. The molecule has 0 radical (unpaired) electrons. The summed E-state index contributed by atoms with van der Waals surface area (Å²) in [7, 11) is 2.96. The van der Waals surface area contributed by atoms with Crippen molar-refractivity contribution in [3.8, 4) is 11.5 Å². The van der Waals surface area contributed by atoms with Crippen molar-refractivity contribution in [2.45, 2.75) is 12.5 Å². The van der Waals surface area contributed by atoms with Crippen molar-refractivity contribution < 1.29 is 24.2 Å². The minimum absolute atomic E-state index is 0.197. The van der Waals surface area contributed by atoms with Gasteiger partial charge in [-0.3, -0.25) is 4.79 Å². The van der Waals surface area contributed by atoms with Crippen LogP contribution in [0.1, 0.15) is 15.9 Å². The van der Waals surface area contributed by atoms with Crippen molar-refractivity contribution in [2.75, 3.05) is 14.2 Å². The summed E-state index contributed by atoms with van der Waals surface area (Å²) < 4.78 is 10.2. The first-order valence-corrected chi connectivity index (χ1v) is 7.34. The summed E-state index contributed by atoms with van der Waals surface area (Å²) in [6.07, 6.45) is 0.197. The summed E-state index contributed by atoms with van der Waals surface area (Å²) in [5.41, 5.74) is 1.10. The molecule has 0 aliphatic heterocycles. The van der Waals surface area contributed by atoms with Gasteiger partial charge in [0.1, 0.15) is 17.5 Å². The standard InChI is InChI=1S/C18H19NO5/c1-23-14-9-13(10-15(11-14)24-2)17(20)19-16(18(21)22)8-12-6-4-3-5-7-12/h3-7,9-11,16H,8H2,1-2H3,(H,19,20)(H,21,22)/t16-/m0/s1. The van der Waals surface area contributed by atoms with Crippen molar-refractivity contribution in [1.82, 2.24) is 5.32 Å². The minimum atomic E-state index is -1.10. The zero-order valence-corrected chi connectivity index (χ0v) is 13.5.